The SMILES string of the molecule is Cc1cccc(CC(=O)Nc2ccc(Nc3cccc4cccnc34)cc2)c1. The Balaban J connectivity index is 1.43. The minimum Gasteiger partial charge on any atom is -0.354 e. The number of amides is 1. The highest BCUT2D eigenvalue weighted by atomic mass is 16.1. The molecule has 0 atom stereocenters. The number of benzene rings is 3. The van der Waals surface area contributed by atoms with E-state index in [2.05, 4.69) is 15.6 Å². The van der Waals surface area contributed by atoms with Crippen LogP contribution in [0.1, 0.15) is 11.1 Å². The smallest absolute Gasteiger partial charge is 0.228 e. The summed E-state index contributed by atoms with van der Waals surface area (Å²) in [7, 11) is 0. The number of fused-ring (bicyclic) bond motifs is 1. The molecule has 0 aliphatic carbocycles. The van der Waals surface area contributed by atoms with E-state index >= 15 is 0 Å². The first kappa shape index (κ1) is 17.7. The Hall–Kier alpha value is -3.66. The lowest BCUT2D eigenvalue weighted by Crippen LogP contribution is -2.14. The van der Waals surface area contributed by atoms with E-state index in [9.17, 15) is 4.79 Å². The Labute approximate surface area is 164 Å². The van der Waals surface area contributed by atoms with Crippen LogP contribution in [0.15, 0.2) is 85.1 Å². The van der Waals surface area contributed by atoms with E-state index in [1.807, 2.05) is 85.8 Å². The number of carbonyl (C=O) groups excluding carboxylic acids is 1. The molecule has 138 valence electrons. The van der Waals surface area contributed by atoms with Crippen molar-refractivity contribution in [1.82, 2.24) is 4.98 Å². The molecule has 0 saturated carbocycles. The van der Waals surface area contributed by atoms with Crippen LogP contribution in [-0.4, -0.2) is 10.9 Å². The molecule has 4 nitrogen and oxygen atoms in total. The number of para-hydroxylation sites is 1. The van der Waals surface area contributed by atoms with E-state index in [0.29, 0.717) is 6.42 Å². The van der Waals surface area contributed by atoms with Crippen molar-refractivity contribution in [3.05, 3.63) is 96.2 Å². The molecule has 0 spiro atoms. The summed E-state index contributed by atoms with van der Waals surface area (Å²) in [6, 6.07) is 25.7. The third kappa shape index (κ3) is 4.18. The molecule has 1 heterocycles. The van der Waals surface area contributed by atoms with Crippen LogP contribution >= 0.6 is 0 Å². The molecule has 0 aliphatic heterocycles. The number of nitrogens with one attached hydrogen (secondary N) is 2. The highest BCUT2D eigenvalue weighted by Gasteiger charge is 2.06. The first-order valence-electron chi connectivity index (χ1n) is 9.24. The van der Waals surface area contributed by atoms with Crippen LogP contribution in [0.5, 0.6) is 0 Å². The van der Waals surface area contributed by atoms with Crippen molar-refractivity contribution < 1.29 is 4.79 Å². The van der Waals surface area contributed by atoms with Gasteiger partial charge in [0.15, 0.2) is 0 Å². The monoisotopic (exact) mass is 367 g/mol. The number of rotatable bonds is 5. The van der Waals surface area contributed by atoms with Gasteiger partial charge in [-0.3, -0.25) is 9.78 Å². The Morgan fingerprint density at radius 3 is 2.46 bits per heavy atom. The molecule has 4 heteroatoms. The summed E-state index contributed by atoms with van der Waals surface area (Å²) in [5.74, 6) is -0.0236. The topological polar surface area (TPSA) is 54.0 Å². The molecule has 4 rings (SSSR count). The summed E-state index contributed by atoms with van der Waals surface area (Å²) in [5.41, 5.74) is 5.77. The third-order valence-electron chi connectivity index (χ3n) is 4.53. The van der Waals surface area contributed by atoms with Crippen LogP contribution in [-0.2, 0) is 11.2 Å². The van der Waals surface area contributed by atoms with Crippen LogP contribution in [0.25, 0.3) is 10.9 Å². The van der Waals surface area contributed by atoms with E-state index in [1.54, 1.807) is 6.20 Å². The summed E-state index contributed by atoms with van der Waals surface area (Å²) in [4.78, 5) is 16.7. The predicted octanol–water partition coefficient (Wildman–Crippen LogP) is 5.47. The van der Waals surface area contributed by atoms with E-state index in [4.69, 9.17) is 0 Å². The summed E-state index contributed by atoms with van der Waals surface area (Å²) < 4.78 is 0. The van der Waals surface area contributed by atoms with Gasteiger partial charge in [-0.2, -0.15) is 0 Å². The summed E-state index contributed by atoms with van der Waals surface area (Å²) in [6.07, 6.45) is 2.16. The Morgan fingerprint density at radius 1 is 0.893 bits per heavy atom. The molecule has 2 N–H and O–H groups in total. The van der Waals surface area contributed by atoms with Crippen LogP contribution in [0.3, 0.4) is 0 Å². The largest absolute Gasteiger partial charge is 0.354 e. The normalized spacial score (nSPS) is 10.6. The molecule has 0 bridgehead atoms. The van der Waals surface area contributed by atoms with Gasteiger partial charge >= 0.3 is 0 Å². The first-order valence-corrected chi connectivity index (χ1v) is 9.24. The van der Waals surface area contributed by atoms with Crippen molar-refractivity contribution >= 4 is 33.9 Å². The quantitative estimate of drug-likeness (QED) is 0.492. The summed E-state index contributed by atoms with van der Waals surface area (Å²) >= 11 is 0. The molecule has 0 saturated heterocycles. The van der Waals surface area contributed by atoms with Gasteiger partial charge in [0.1, 0.15) is 0 Å². The Bertz CT molecular complexity index is 1110. The van der Waals surface area contributed by atoms with E-state index in [-0.39, 0.29) is 5.91 Å². The summed E-state index contributed by atoms with van der Waals surface area (Å²) in [6.45, 7) is 2.03. The average Bonchev–Trinajstić information content (AvgIpc) is 2.70. The van der Waals surface area contributed by atoms with Gasteiger partial charge in [-0.05, 0) is 48.9 Å². The fourth-order valence-electron chi connectivity index (χ4n) is 3.21. The molecule has 28 heavy (non-hydrogen) atoms. The molecule has 3 aromatic carbocycles. The van der Waals surface area contributed by atoms with Crippen molar-refractivity contribution in [2.75, 3.05) is 10.6 Å². The van der Waals surface area contributed by atoms with Crippen molar-refractivity contribution in [3.8, 4) is 0 Å². The predicted molar refractivity (Wildman–Crippen MR) is 115 cm³/mol. The minimum atomic E-state index is -0.0236. The number of hydrogen-bond acceptors (Lipinski definition) is 3. The lowest BCUT2D eigenvalue weighted by molar-refractivity contribution is -0.115. The molecule has 4 aromatic rings. The highest BCUT2D eigenvalue weighted by molar-refractivity contribution is 5.93. The molecule has 0 fully saturated rings. The van der Waals surface area contributed by atoms with Gasteiger partial charge < -0.3 is 10.6 Å². The fourth-order valence-corrected chi connectivity index (χ4v) is 3.21. The number of carbonyl (C=O) groups is 1. The number of aryl methyl sites for hydroxylation is 1. The van der Waals surface area contributed by atoms with Gasteiger partial charge in [0.25, 0.3) is 0 Å². The number of anilines is 3. The third-order valence-corrected chi connectivity index (χ3v) is 4.53. The molecule has 0 aliphatic rings. The van der Waals surface area contributed by atoms with Crippen LogP contribution < -0.4 is 10.6 Å². The molecular formula is C24H21N3O. The second-order valence-corrected chi connectivity index (χ2v) is 6.80. The molecule has 1 aromatic heterocycles. The zero-order chi connectivity index (χ0) is 19.3. The second-order valence-electron chi connectivity index (χ2n) is 6.80. The van der Waals surface area contributed by atoms with E-state index in [0.717, 1.165) is 39.1 Å². The average molecular weight is 367 g/mol. The van der Waals surface area contributed by atoms with Gasteiger partial charge in [0.05, 0.1) is 17.6 Å². The summed E-state index contributed by atoms with van der Waals surface area (Å²) in [5, 5.41) is 7.44. The zero-order valence-electron chi connectivity index (χ0n) is 15.6. The lowest BCUT2D eigenvalue weighted by atomic mass is 10.1. The molecule has 1 amide bonds. The number of aromatic nitrogens is 1. The van der Waals surface area contributed by atoms with Crippen LogP contribution in [0.2, 0.25) is 0 Å². The van der Waals surface area contributed by atoms with Gasteiger partial charge in [-0.15, -0.1) is 0 Å². The van der Waals surface area contributed by atoms with Crippen molar-refractivity contribution in [3.63, 3.8) is 0 Å². The maximum Gasteiger partial charge on any atom is 0.228 e. The van der Waals surface area contributed by atoms with Crippen LogP contribution in [0.4, 0.5) is 17.1 Å². The van der Waals surface area contributed by atoms with Crippen molar-refractivity contribution in [2.24, 2.45) is 0 Å². The van der Waals surface area contributed by atoms with Crippen molar-refractivity contribution in [2.45, 2.75) is 13.3 Å². The number of nitrogens with zero attached hydrogens (tertiary/aromatic N) is 1. The molecule has 0 radical (unpaired) electrons. The fraction of sp³-hybridized carbons (Fsp3) is 0.0833. The van der Waals surface area contributed by atoms with Gasteiger partial charge in [0.2, 0.25) is 5.91 Å². The number of pyridine rings is 1. The first-order chi connectivity index (χ1) is 13.7. The number of hydrogen-bond donors (Lipinski definition) is 2. The van der Waals surface area contributed by atoms with E-state index in [1.165, 1.54) is 0 Å². The molecular weight excluding hydrogens is 346 g/mol. The highest BCUT2D eigenvalue weighted by Crippen LogP contribution is 2.25. The van der Waals surface area contributed by atoms with E-state index < -0.39 is 0 Å². The maximum atomic E-state index is 12.3. The minimum absolute atomic E-state index is 0.0236. The Morgan fingerprint density at radius 2 is 1.64 bits per heavy atom. The van der Waals surface area contributed by atoms with Gasteiger partial charge in [-0.25, -0.2) is 0 Å². The Kier molecular flexibility index (Phi) is 5.02. The van der Waals surface area contributed by atoms with Gasteiger partial charge in [0, 0.05) is 23.0 Å². The standard InChI is InChI=1S/C24H21N3O/c1-17-5-2-6-18(15-17)16-23(28)27-21-12-10-20(11-13-21)26-22-9-3-7-19-8-4-14-25-24(19)22/h2-15,26H,16H2,1H3,(H,27,28). The van der Waals surface area contributed by atoms with Crippen molar-refractivity contribution in [1.29, 1.82) is 0 Å². The zero-order valence-corrected chi connectivity index (χ0v) is 15.6. The lowest BCUT2D eigenvalue weighted by Gasteiger charge is -2.10. The van der Waals surface area contributed by atoms with Crippen LogP contribution in [0, 0.1) is 6.92 Å². The van der Waals surface area contributed by atoms with Gasteiger partial charge in [-0.1, -0.05) is 48.0 Å². The maximum absolute atomic E-state index is 12.3. The second kappa shape index (κ2) is 7.92. The molecule has 0 unspecified atom stereocenters.